The summed E-state index contributed by atoms with van der Waals surface area (Å²) >= 11 is 0. The Morgan fingerprint density at radius 3 is 2.67 bits per heavy atom. The van der Waals surface area contributed by atoms with Crippen LogP contribution < -0.4 is 4.90 Å². The predicted octanol–water partition coefficient (Wildman–Crippen LogP) is 4.90. The predicted molar refractivity (Wildman–Crippen MR) is 147 cm³/mol. The number of anilines is 1. The number of rotatable bonds is 7. The van der Waals surface area contributed by atoms with Crippen molar-refractivity contribution in [3.63, 3.8) is 0 Å². The third-order valence-electron chi connectivity index (χ3n) is 8.17. The maximum absolute atomic E-state index is 13.7. The van der Waals surface area contributed by atoms with Gasteiger partial charge in [0, 0.05) is 12.1 Å². The fraction of sp³-hybridized carbons (Fsp3) is 0.379. The summed E-state index contributed by atoms with van der Waals surface area (Å²) in [4.78, 5) is 39.0. The fourth-order valence-corrected chi connectivity index (χ4v) is 6.44. The summed E-state index contributed by atoms with van der Waals surface area (Å²) in [6.45, 7) is 4.03. The topological polar surface area (TPSA) is 130 Å². The van der Waals surface area contributed by atoms with Crippen molar-refractivity contribution in [3.05, 3.63) is 80.9 Å². The van der Waals surface area contributed by atoms with Gasteiger partial charge < -0.3 is 14.8 Å². The third kappa shape index (κ3) is 5.14. The van der Waals surface area contributed by atoms with Crippen LogP contribution in [-0.4, -0.2) is 40.1 Å². The van der Waals surface area contributed by atoms with Crippen molar-refractivity contribution in [2.75, 3.05) is 4.90 Å². The van der Waals surface area contributed by atoms with Gasteiger partial charge >= 0.3 is 7.12 Å². The molecule has 10 heteroatoms. The highest BCUT2D eigenvalue weighted by Crippen LogP contribution is 2.51. The SMILES string of the molecule is CC/C(=C\c1cccc(O)c1)CC[C@H]1OB(O)C[C@H]2C1=C(C)C[C@H]1C(=O)N(c3cccc([N+](=O)[O-])c3)C(=O)[C@H]12. The lowest BCUT2D eigenvalue weighted by Gasteiger charge is -2.42. The number of fused-ring (bicyclic) bond motifs is 3. The van der Waals surface area contributed by atoms with Gasteiger partial charge in [-0.2, -0.15) is 0 Å². The van der Waals surface area contributed by atoms with Crippen LogP contribution in [0.2, 0.25) is 6.32 Å². The fourth-order valence-electron chi connectivity index (χ4n) is 6.44. The molecule has 0 saturated carbocycles. The minimum absolute atomic E-state index is 0.190. The van der Waals surface area contributed by atoms with Gasteiger partial charge in [-0.05, 0) is 74.2 Å². The van der Waals surface area contributed by atoms with Gasteiger partial charge in [0.2, 0.25) is 11.8 Å². The molecular weight excluding hydrogens is 499 g/mol. The molecule has 9 nitrogen and oxygen atoms in total. The van der Waals surface area contributed by atoms with Crippen LogP contribution in [0.5, 0.6) is 5.75 Å². The average Bonchev–Trinajstić information content (AvgIpc) is 3.15. The van der Waals surface area contributed by atoms with E-state index in [9.17, 15) is 29.8 Å². The summed E-state index contributed by atoms with van der Waals surface area (Å²) in [6, 6.07) is 12.6. The Morgan fingerprint density at radius 2 is 1.95 bits per heavy atom. The minimum atomic E-state index is -1.06. The monoisotopic (exact) mass is 530 g/mol. The van der Waals surface area contributed by atoms with Crippen molar-refractivity contribution >= 4 is 36.4 Å². The van der Waals surface area contributed by atoms with Gasteiger partial charge in [-0.15, -0.1) is 0 Å². The highest BCUT2D eigenvalue weighted by atomic mass is 16.6. The molecule has 0 bridgehead atoms. The quantitative estimate of drug-likeness (QED) is 0.171. The number of nitrogens with zero attached hydrogens (tertiary/aromatic N) is 2. The first kappa shape index (κ1) is 26.8. The van der Waals surface area contributed by atoms with Crippen molar-refractivity contribution < 1.29 is 29.3 Å². The number of nitro benzene ring substituents is 1. The lowest BCUT2D eigenvalue weighted by atomic mass is 9.59. The first-order valence-electron chi connectivity index (χ1n) is 13.3. The summed E-state index contributed by atoms with van der Waals surface area (Å²) in [6.07, 6.45) is 4.38. The van der Waals surface area contributed by atoms with Gasteiger partial charge in [0.25, 0.3) is 5.69 Å². The van der Waals surface area contributed by atoms with Crippen LogP contribution >= 0.6 is 0 Å². The molecule has 39 heavy (non-hydrogen) atoms. The average molecular weight is 530 g/mol. The number of carbonyl (C=O) groups is 2. The lowest BCUT2D eigenvalue weighted by Crippen LogP contribution is -2.46. The van der Waals surface area contributed by atoms with Gasteiger partial charge in [0.15, 0.2) is 0 Å². The van der Waals surface area contributed by atoms with E-state index in [0.717, 1.165) is 33.6 Å². The standard InChI is InChI=1S/C29H31BN2O7/c1-3-18(13-19-6-4-9-22(33)14-19)10-11-25-26-17(2)12-23-27(24(26)16-30(36)39-25)29(35)31(28(23)34)20-7-5-8-21(15-20)32(37)38/h4-9,13-15,23-25,27,33,36H,3,10-12,16H2,1-2H3/b18-13+/t23-,24+,25-,27-/m1/s1. The van der Waals surface area contributed by atoms with Crippen LogP contribution in [0.1, 0.15) is 45.1 Å². The van der Waals surface area contributed by atoms with Crippen LogP contribution in [0.25, 0.3) is 6.08 Å². The highest BCUT2D eigenvalue weighted by molar-refractivity contribution is 6.43. The molecule has 0 spiro atoms. The first-order valence-corrected chi connectivity index (χ1v) is 13.3. The van der Waals surface area contributed by atoms with Gasteiger partial charge in [0.05, 0.1) is 28.6 Å². The number of aromatic hydroxyl groups is 1. The van der Waals surface area contributed by atoms with E-state index in [1.54, 1.807) is 18.2 Å². The van der Waals surface area contributed by atoms with Crippen LogP contribution in [0.15, 0.2) is 65.3 Å². The Morgan fingerprint density at radius 1 is 1.18 bits per heavy atom. The van der Waals surface area contributed by atoms with E-state index in [4.69, 9.17) is 4.65 Å². The van der Waals surface area contributed by atoms with E-state index >= 15 is 0 Å². The second-order valence-electron chi connectivity index (χ2n) is 10.6. The molecule has 202 valence electrons. The van der Waals surface area contributed by atoms with Crippen molar-refractivity contribution in [3.8, 4) is 5.75 Å². The Kier molecular flexibility index (Phi) is 7.42. The van der Waals surface area contributed by atoms with E-state index in [1.165, 1.54) is 24.3 Å². The zero-order chi connectivity index (χ0) is 27.8. The molecule has 2 saturated heterocycles. The molecule has 2 heterocycles. The second-order valence-corrected chi connectivity index (χ2v) is 10.6. The number of non-ortho nitro benzene ring substituents is 1. The molecule has 1 aliphatic carbocycles. The molecule has 2 N–H and O–H groups in total. The summed E-state index contributed by atoms with van der Waals surface area (Å²) in [5.74, 6) is -2.11. The zero-order valence-corrected chi connectivity index (χ0v) is 21.9. The molecule has 3 aliphatic rings. The summed E-state index contributed by atoms with van der Waals surface area (Å²) in [7, 11) is -1.06. The molecule has 0 aromatic heterocycles. The second kappa shape index (κ2) is 10.8. The number of hydrogen-bond acceptors (Lipinski definition) is 7. The zero-order valence-electron chi connectivity index (χ0n) is 21.9. The van der Waals surface area contributed by atoms with Crippen molar-refractivity contribution in [2.45, 2.75) is 52.0 Å². The summed E-state index contributed by atoms with van der Waals surface area (Å²) in [5, 5.41) is 31.8. The first-order chi connectivity index (χ1) is 18.7. The number of phenolic OH excluding ortho intramolecular Hbond substituents is 1. The Labute approximate surface area is 227 Å². The molecule has 0 unspecified atom stereocenters. The molecule has 2 fully saturated rings. The molecular formula is C29H31BN2O7. The summed E-state index contributed by atoms with van der Waals surface area (Å²) in [5.41, 5.74) is 4.05. The van der Waals surface area contributed by atoms with E-state index in [-0.39, 0.29) is 41.2 Å². The maximum Gasteiger partial charge on any atom is 0.455 e. The number of nitro groups is 1. The van der Waals surface area contributed by atoms with Gasteiger partial charge in [-0.1, -0.05) is 42.3 Å². The van der Waals surface area contributed by atoms with Crippen LogP contribution in [0, 0.1) is 27.9 Å². The molecule has 2 amide bonds. The smallest absolute Gasteiger partial charge is 0.455 e. The Hall–Kier alpha value is -3.76. The maximum atomic E-state index is 13.7. The Bertz CT molecular complexity index is 1390. The number of carbonyl (C=O) groups excluding carboxylic acids is 2. The van der Waals surface area contributed by atoms with Crippen LogP contribution in [-0.2, 0) is 14.2 Å². The Balaban J connectivity index is 1.40. The number of hydrogen-bond donors (Lipinski definition) is 2. The molecule has 2 aliphatic heterocycles. The van der Waals surface area contributed by atoms with Crippen molar-refractivity contribution in [1.82, 2.24) is 0 Å². The lowest BCUT2D eigenvalue weighted by molar-refractivity contribution is -0.384. The number of imide groups is 1. The number of benzene rings is 2. The van der Waals surface area contributed by atoms with Gasteiger partial charge in [-0.3, -0.25) is 19.7 Å². The molecule has 5 rings (SSSR count). The molecule has 2 aromatic rings. The van der Waals surface area contributed by atoms with E-state index in [0.29, 0.717) is 19.3 Å². The molecule has 2 aromatic carbocycles. The number of amides is 2. The van der Waals surface area contributed by atoms with E-state index in [1.807, 2.05) is 19.1 Å². The van der Waals surface area contributed by atoms with E-state index < -0.39 is 30.0 Å². The third-order valence-corrected chi connectivity index (χ3v) is 8.17. The number of allylic oxidation sites excluding steroid dienone is 2. The van der Waals surface area contributed by atoms with Crippen molar-refractivity contribution in [2.24, 2.45) is 17.8 Å². The summed E-state index contributed by atoms with van der Waals surface area (Å²) < 4.78 is 6.00. The number of phenols is 1. The van der Waals surface area contributed by atoms with Crippen LogP contribution in [0.3, 0.4) is 0 Å². The van der Waals surface area contributed by atoms with Crippen LogP contribution in [0.4, 0.5) is 11.4 Å². The minimum Gasteiger partial charge on any atom is -0.508 e. The molecule has 0 radical (unpaired) electrons. The highest BCUT2D eigenvalue weighted by Gasteiger charge is 2.57. The van der Waals surface area contributed by atoms with Gasteiger partial charge in [0.1, 0.15) is 5.75 Å². The van der Waals surface area contributed by atoms with Crippen molar-refractivity contribution in [1.29, 1.82) is 0 Å². The van der Waals surface area contributed by atoms with E-state index in [2.05, 4.69) is 6.92 Å². The largest absolute Gasteiger partial charge is 0.508 e. The molecule has 4 atom stereocenters. The van der Waals surface area contributed by atoms with Gasteiger partial charge in [-0.25, -0.2) is 4.90 Å². The normalized spacial score (nSPS) is 25.2.